The topological polar surface area (TPSA) is 25.2 Å². The van der Waals surface area contributed by atoms with Crippen molar-refractivity contribution in [3.63, 3.8) is 0 Å². The second-order valence-electron chi connectivity index (χ2n) is 7.12. The van der Waals surface area contributed by atoms with Crippen LogP contribution in [0.15, 0.2) is 101 Å². The number of rotatable bonds is 2. The first-order valence-electron chi connectivity index (χ1n) is 9.46. The van der Waals surface area contributed by atoms with E-state index < -0.39 is 0 Å². The van der Waals surface area contributed by atoms with Crippen LogP contribution in [0.2, 0.25) is 0 Å². The average Bonchev–Trinajstić information content (AvgIpc) is 3.13. The van der Waals surface area contributed by atoms with E-state index in [2.05, 4.69) is 78.1 Å². The molecule has 6 rings (SSSR count). The number of hydrogen-bond acceptors (Lipinski definition) is 2. The summed E-state index contributed by atoms with van der Waals surface area (Å²) in [5.74, 6) is 0. The van der Waals surface area contributed by atoms with Gasteiger partial charge in [-0.2, -0.15) is 0 Å². The number of fused-ring (bicyclic) bond motifs is 6. The Morgan fingerprint density at radius 3 is 2.18 bits per heavy atom. The molecule has 0 fully saturated rings. The Morgan fingerprint density at radius 1 is 0.536 bits per heavy atom. The van der Waals surface area contributed by atoms with Crippen molar-refractivity contribution in [2.45, 2.75) is 0 Å². The second kappa shape index (κ2) is 5.86. The normalized spacial score (nSPS) is 11.6. The van der Waals surface area contributed by atoms with Gasteiger partial charge in [-0.25, -0.2) is 0 Å². The Morgan fingerprint density at radius 2 is 1.25 bits per heavy atom. The van der Waals surface area contributed by atoms with Gasteiger partial charge in [-0.3, -0.25) is 0 Å². The van der Waals surface area contributed by atoms with E-state index in [1.807, 2.05) is 24.3 Å². The third-order valence-electron chi connectivity index (χ3n) is 5.43. The Hall–Kier alpha value is -3.78. The lowest BCUT2D eigenvalue weighted by Gasteiger charge is -2.10. The molecule has 0 bridgehead atoms. The maximum Gasteiger partial charge on any atom is 0.137 e. The van der Waals surface area contributed by atoms with Crippen molar-refractivity contribution in [3.8, 4) is 0 Å². The van der Waals surface area contributed by atoms with E-state index in [4.69, 9.17) is 4.42 Å². The van der Waals surface area contributed by atoms with Crippen LogP contribution in [0.4, 0.5) is 11.4 Å². The molecule has 0 aliphatic carbocycles. The molecule has 0 saturated carbocycles. The van der Waals surface area contributed by atoms with Gasteiger partial charge in [-0.05, 0) is 51.9 Å². The summed E-state index contributed by atoms with van der Waals surface area (Å²) in [7, 11) is 0. The van der Waals surface area contributed by atoms with Crippen molar-refractivity contribution in [1.29, 1.82) is 0 Å². The number of furan rings is 1. The molecule has 0 aliphatic heterocycles. The van der Waals surface area contributed by atoms with Gasteiger partial charge in [0.25, 0.3) is 0 Å². The Kier molecular flexibility index (Phi) is 3.20. The largest absolute Gasteiger partial charge is 0.456 e. The Labute approximate surface area is 162 Å². The quantitative estimate of drug-likeness (QED) is 0.321. The molecule has 1 N–H and O–H groups in total. The smallest absolute Gasteiger partial charge is 0.137 e. The van der Waals surface area contributed by atoms with Crippen LogP contribution < -0.4 is 5.32 Å². The van der Waals surface area contributed by atoms with Gasteiger partial charge in [-0.1, -0.05) is 66.7 Å². The Balaban J connectivity index is 1.54. The summed E-state index contributed by atoms with van der Waals surface area (Å²) in [5, 5.41) is 10.9. The predicted octanol–water partition coefficient (Wildman–Crippen LogP) is 7.64. The molecule has 6 aromatic rings. The molecule has 0 unspecified atom stereocenters. The minimum Gasteiger partial charge on any atom is -0.456 e. The van der Waals surface area contributed by atoms with E-state index in [0.717, 1.165) is 33.3 Å². The summed E-state index contributed by atoms with van der Waals surface area (Å²) in [6.45, 7) is 0. The van der Waals surface area contributed by atoms with Gasteiger partial charge in [0.05, 0.1) is 11.1 Å². The molecule has 0 amide bonds. The highest BCUT2D eigenvalue weighted by atomic mass is 16.3. The first-order valence-corrected chi connectivity index (χ1v) is 9.46. The minimum absolute atomic E-state index is 0.900. The highest BCUT2D eigenvalue weighted by Crippen LogP contribution is 2.36. The number of para-hydroxylation sites is 1. The molecule has 28 heavy (non-hydrogen) atoms. The summed E-state index contributed by atoms with van der Waals surface area (Å²) in [4.78, 5) is 0. The zero-order valence-electron chi connectivity index (χ0n) is 15.1. The van der Waals surface area contributed by atoms with E-state index in [1.54, 1.807) is 0 Å². The van der Waals surface area contributed by atoms with Crippen LogP contribution in [-0.4, -0.2) is 0 Å². The van der Waals surface area contributed by atoms with Crippen molar-refractivity contribution >= 4 is 54.9 Å². The van der Waals surface area contributed by atoms with Gasteiger partial charge in [0.1, 0.15) is 11.2 Å². The maximum absolute atomic E-state index is 6.02. The summed E-state index contributed by atoms with van der Waals surface area (Å²) in [5.41, 5.74) is 3.94. The molecule has 2 heteroatoms. The molecule has 0 aliphatic rings. The van der Waals surface area contributed by atoms with Crippen LogP contribution in [0, 0.1) is 0 Å². The molecule has 0 radical (unpaired) electrons. The summed E-state index contributed by atoms with van der Waals surface area (Å²) in [6, 6.07) is 33.8. The average molecular weight is 359 g/mol. The lowest BCUT2D eigenvalue weighted by atomic mass is 10.0. The third kappa shape index (κ3) is 2.28. The molecule has 0 saturated heterocycles. The highest BCUT2D eigenvalue weighted by molar-refractivity contribution is 6.13. The van der Waals surface area contributed by atoms with Crippen LogP contribution in [0.1, 0.15) is 0 Å². The third-order valence-corrected chi connectivity index (χ3v) is 5.43. The van der Waals surface area contributed by atoms with Gasteiger partial charge in [-0.15, -0.1) is 0 Å². The fourth-order valence-electron chi connectivity index (χ4n) is 4.11. The molecular formula is C26H17NO. The first kappa shape index (κ1) is 15.3. The summed E-state index contributed by atoms with van der Waals surface area (Å²) in [6.07, 6.45) is 0. The standard InChI is InChI=1S/C26H17NO/c1-2-7-20-17(6-1)12-13-18-14-15-19(16-22(18)20)27-23-9-5-11-25-26(23)21-8-3-4-10-24(21)28-25/h1-16,27H. The van der Waals surface area contributed by atoms with Crippen LogP contribution in [0.3, 0.4) is 0 Å². The van der Waals surface area contributed by atoms with Crippen LogP contribution >= 0.6 is 0 Å². The van der Waals surface area contributed by atoms with Gasteiger partial charge in [0.2, 0.25) is 0 Å². The summed E-state index contributed by atoms with van der Waals surface area (Å²) < 4.78 is 6.02. The van der Waals surface area contributed by atoms with Crippen molar-refractivity contribution < 1.29 is 4.42 Å². The lowest BCUT2D eigenvalue weighted by molar-refractivity contribution is 0.669. The van der Waals surface area contributed by atoms with Crippen LogP contribution in [-0.2, 0) is 0 Å². The molecule has 132 valence electrons. The molecule has 1 heterocycles. The number of hydrogen-bond donors (Lipinski definition) is 1. The predicted molar refractivity (Wildman–Crippen MR) is 118 cm³/mol. The summed E-state index contributed by atoms with van der Waals surface area (Å²) >= 11 is 0. The fourth-order valence-corrected chi connectivity index (χ4v) is 4.11. The van der Waals surface area contributed by atoms with Crippen molar-refractivity contribution in [2.75, 3.05) is 5.32 Å². The first-order chi connectivity index (χ1) is 13.9. The zero-order chi connectivity index (χ0) is 18.5. The second-order valence-corrected chi connectivity index (χ2v) is 7.12. The molecule has 1 aromatic heterocycles. The van der Waals surface area contributed by atoms with Crippen LogP contribution in [0.5, 0.6) is 0 Å². The van der Waals surface area contributed by atoms with Crippen LogP contribution in [0.25, 0.3) is 43.5 Å². The highest BCUT2D eigenvalue weighted by Gasteiger charge is 2.11. The van der Waals surface area contributed by atoms with Gasteiger partial charge in [0, 0.05) is 11.1 Å². The van der Waals surface area contributed by atoms with E-state index in [9.17, 15) is 0 Å². The van der Waals surface area contributed by atoms with Gasteiger partial charge < -0.3 is 9.73 Å². The number of anilines is 2. The lowest BCUT2D eigenvalue weighted by Crippen LogP contribution is -1.91. The molecular weight excluding hydrogens is 342 g/mol. The van der Waals surface area contributed by atoms with Crippen molar-refractivity contribution in [3.05, 3.63) is 97.1 Å². The van der Waals surface area contributed by atoms with Crippen molar-refractivity contribution in [1.82, 2.24) is 0 Å². The molecule has 0 spiro atoms. The Bertz CT molecular complexity index is 1490. The molecule has 5 aromatic carbocycles. The molecule has 2 nitrogen and oxygen atoms in total. The molecule has 0 atom stereocenters. The van der Waals surface area contributed by atoms with Gasteiger partial charge >= 0.3 is 0 Å². The minimum atomic E-state index is 0.900. The van der Waals surface area contributed by atoms with E-state index in [-0.39, 0.29) is 0 Å². The van der Waals surface area contributed by atoms with Crippen molar-refractivity contribution in [2.24, 2.45) is 0 Å². The fraction of sp³-hybridized carbons (Fsp3) is 0. The number of benzene rings is 5. The van der Waals surface area contributed by atoms with E-state index in [0.29, 0.717) is 0 Å². The van der Waals surface area contributed by atoms with Gasteiger partial charge in [0.15, 0.2) is 0 Å². The monoisotopic (exact) mass is 359 g/mol. The maximum atomic E-state index is 6.02. The SMILES string of the molecule is c1ccc2c(c1)ccc1ccc(Nc3cccc4oc5ccccc5c34)cc12. The van der Waals surface area contributed by atoms with E-state index >= 15 is 0 Å². The van der Waals surface area contributed by atoms with E-state index in [1.165, 1.54) is 21.5 Å². The number of nitrogens with one attached hydrogen (secondary N) is 1. The zero-order valence-corrected chi connectivity index (χ0v) is 15.1.